The van der Waals surface area contributed by atoms with Gasteiger partial charge in [0.1, 0.15) is 11.6 Å². The van der Waals surface area contributed by atoms with Gasteiger partial charge in [-0.05, 0) is 37.5 Å². The molecular weight excluding hydrogens is 404 g/mol. The van der Waals surface area contributed by atoms with Crippen molar-refractivity contribution in [1.29, 1.82) is 0 Å². The van der Waals surface area contributed by atoms with Crippen molar-refractivity contribution in [1.82, 2.24) is 20.2 Å². The van der Waals surface area contributed by atoms with Crippen molar-refractivity contribution in [2.75, 3.05) is 19.7 Å². The van der Waals surface area contributed by atoms with E-state index in [0.717, 1.165) is 17.1 Å². The molecule has 2 heterocycles. The zero-order valence-corrected chi connectivity index (χ0v) is 18.2. The van der Waals surface area contributed by atoms with Crippen molar-refractivity contribution in [3.63, 3.8) is 0 Å². The van der Waals surface area contributed by atoms with Crippen LogP contribution < -0.4 is 10.1 Å². The second-order valence-corrected chi connectivity index (χ2v) is 8.04. The Morgan fingerprint density at radius 3 is 2.44 bits per heavy atom. The van der Waals surface area contributed by atoms with E-state index in [1.54, 1.807) is 11.1 Å². The maximum Gasteiger partial charge on any atom is 0.260 e. The molecule has 1 aromatic heterocycles. The molecule has 7 nitrogen and oxygen atoms in total. The van der Waals surface area contributed by atoms with Gasteiger partial charge in [0.2, 0.25) is 5.91 Å². The van der Waals surface area contributed by atoms with Gasteiger partial charge in [0.15, 0.2) is 6.61 Å². The molecule has 0 saturated carbocycles. The first-order chi connectivity index (χ1) is 15.6. The van der Waals surface area contributed by atoms with Crippen LogP contribution in [0.4, 0.5) is 0 Å². The van der Waals surface area contributed by atoms with E-state index in [4.69, 9.17) is 4.74 Å². The number of piperidine rings is 1. The molecule has 2 aromatic carbocycles. The normalized spacial score (nSPS) is 15.2. The zero-order valence-electron chi connectivity index (χ0n) is 18.2. The SMILES string of the molecule is CC(NC(=O)C1CCN(C(=O)COc2ccccc2)CC1)c1ncc(-c2ccccc2)[nH]1. The topological polar surface area (TPSA) is 87.3 Å². The van der Waals surface area contributed by atoms with Crippen molar-refractivity contribution in [2.45, 2.75) is 25.8 Å². The van der Waals surface area contributed by atoms with Gasteiger partial charge in [-0.3, -0.25) is 9.59 Å². The van der Waals surface area contributed by atoms with Crippen LogP contribution in [0.3, 0.4) is 0 Å². The molecule has 1 aliphatic rings. The third-order valence-electron chi connectivity index (χ3n) is 5.77. The van der Waals surface area contributed by atoms with Gasteiger partial charge in [-0.1, -0.05) is 48.5 Å². The lowest BCUT2D eigenvalue weighted by Crippen LogP contribution is -2.45. The number of likely N-dealkylation sites (tertiary alicyclic amines) is 1. The number of aromatic nitrogens is 2. The van der Waals surface area contributed by atoms with Crippen LogP contribution in [0.2, 0.25) is 0 Å². The molecule has 0 spiro atoms. The predicted octanol–water partition coefficient (Wildman–Crippen LogP) is 3.57. The summed E-state index contributed by atoms with van der Waals surface area (Å²) in [6, 6.07) is 19.0. The molecule has 1 fully saturated rings. The Bertz CT molecular complexity index is 1030. The lowest BCUT2D eigenvalue weighted by Gasteiger charge is -2.31. The molecule has 0 bridgehead atoms. The summed E-state index contributed by atoms with van der Waals surface area (Å²) in [6.07, 6.45) is 3.07. The van der Waals surface area contributed by atoms with Crippen LogP contribution in [0.25, 0.3) is 11.3 Å². The summed E-state index contributed by atoms with van der Waals surface area (Å²) >= 11 is 0. The summed E-state index contributed by atoms with van der Waals surface area (Å²) in [6.45, 7) is 3.05. The standard InChI is InChI=1S/C25H28N4O3/c1-18(24-26-16-22(28-24)19-8-4-2-5-9-19)27-25(31)20-12-14-29(15-13-20)23(30)17-32-21-10-6-3-7-11-21/h2-11,16,18,20H,12-15,17H2,1H3,(H,26,28)(H,27,31). The van der Waals surface area contributed by atoms with Crippen LogP contribution in [0.5, 0.6) is 5.75 Å². The number of benzene rings is 2. The minimum absolute atomic E-state index is 0.00259. The number of ether oxygens (including phenoxy) is 1. The predicted molar refractivity (Wildman–Crippen MR) is 122 cm³/mol. The first kappa shape index (κ1) is 21.6. The van der Waals surface area contributed by atoms with E-state index in [0.29, 0.717) is 31.7 Å². The molecule has 4 rings (SSSR count). The number of rotatable bonds is 7. The average Bonchev–Trinajstić information content (AvgIpc) is 3.34. The van der Waals surface area contributed by atoms with Gasteiger partial charge in [-0.15, -0.1) is 0 Å². The summed E-state index contributed by atoms with van der Waals surface area (Å²) in [5.74, 6) is 1.24. The second-order valence-electron chi connectivity index (χ2n) is 8.04. The highest BCUT2D eigenvalue weighted by Crippen LogP contribution is 2.21. The second kappa shape index (κ2) is 10.1. The van der Waals surface area contributed by atoms with Crippen LogP contribution >= 0.6 is 0 Å². The van der Waals surface area contributed by atoms with Gasteiger partial charge in [0.05, 0.1) is 17.9 Å². The van der Waals surface area contributed by atoms with E-state index in [-0.39, 0.29) is 30.4 Å². The van der Waals surface area contributed by atoms with E-state index in [9.17, 15) is 9.59 Å². The van der Waals surface area contributed by atoms with Crippen LogP contribution in [-0.2, 0) is 9.59 Å². The number of nitrogens with zero attached hydrogens (tertiary/aromatic N) is 2. The Hall–Kier alpha value is -3.61. The number of H-pyrrole nitrogens is 1. The summed E-state index contributed by atoms with van der Waals surface area (Å²) in [5.41, 5.74) is 1.98. The summed E-state index contributed by atoms with van der Waals surface area (Å²) in [4.78, 5) is 34.7. The van der Waals surface area contributed by atoms with Crippen molar-refractivity contribution in [3.05, 3.63) is 72.7 Å². The number of carbonyl (C=O) groups is 2. The molecule has 2 amide bonds. The lowest BCUT2D eigenvalue weighted by atomic mass is 9.95. The quantitative estimate of drug-likeness (QED) is 0.598. The molecule has 2 N–H and O–H groups in total. The van der Waals surface area contributed by atoms with E-state index >= 15 is 0 Å². The largest absolute Gasteiger partial charge is 0.484 e. The molecule has 0 aliphatic carbocycles. The Balaban J connectivity index is 1.24. The number of imidazole rings is 1. The molecule has 7 heteroatoms. The number of nitrogens with one attached hydrogen (secondary N) is 2. The Kier molecular flexibility index (Phi) is 6.84. The summed E-state index contributed by atoms with van der Waals surface area (Å²) in [7, 11) is 0. The fourth-order valence-electron chi connectivity index (χ4n) is 3.86. The Labute approximate surface area is 187 Å². The van der Waals surface area contributed by atoms with Gasteiger partial charge in [0.25, 0.3) is 5.91 Å². The fraction of sp³-hybridized carbons (Fsp3) is 0.320. The summed E-state index contributed by atoms with van der Waals surface area (Å²) < 4.78 is 5.55. The van der Waals surface area contributed by atoms with Crippen LogP contribution in [0.1, 0.15) is 31.6 Å². The third kappa shape index (κ3) is 5.35. The highest BCUT2D eigenvalue weighted by Gasteiger charge is 2.28. The first-order valence-electron chi connectivity index (χ1n) is 11.0. The number of carbonyl (C=O) groups excluding carboxylic acids is 2. The van der Waals surface area contributed by atoms with Crippen LogP contribution in [-0.4, -0.2) is 46.4 Å². The zero-order chi connectivity index (χ0) is 22.3. The van der Waals surface area contributed by atoms with Gasteiger partial charge in [0, 0.05) is 19.0 Å². The number of aromatic amines is 1. The maximum atomic E-state index is 12.8. The van der Waals surface area contributed by atoms with Gasteiger partial charge in [-0.2, -0.15) is 0 Å². The molecule has 1 unspecified atom stereocenters. The number of hydrogen-bond donors (Lipinski definition) is 2. The average molecular weight is 433 g/mol. The molecule has 1 atom stereocenters. The minimum atomic E-state index is -0.223. The van der Waals surface area contributed by atoms with Gasteiger partial charge in [-0.25, -0.2) is 4.98 Å². The van der Waals surface area contributed by atoms with Crippen molar-refractivity contribution >= 4 is 11.8 Å². The molecule has 32 heavy (non-hydrogen) atoms. The van der Waals surface area contributed by atoms with Crippen molar-refractivity contribution in [2.24, 2.45) is 5.92 Å². The van der Waals surface area contributed by atoms with Crippen LogP contribution in [0.15, 0.2) is 66.9 Å². The fourth-order valence-corrected chi connectivity index (χ4v) is 3.86. The van der Waals surface area contributed by atoms with Crippen LogP contribution in [0, 0.1) is 5.92 Å². The monoisotopic (exact) mass is 432 g/mol. The van der Waals surface area contributed by atoms with E-state index in [1.807, 2.05) is 67.6 Å². The third-order valence-corrected chi connectivity index (χ3v) is 5.77. The molecule has 3 aromatic rings. The van der Waals surface area contributed by atoms with E-state index in [2.05, 4.69) is 15.3 Å². The summed E-state index contributed by atoms with van der Waals surface area (Å²) in [5, 5.41) is 3.06. The smallest absolute Gasteiger partial charge is 0.260 e. The lowest BCUT2D eigenvalue weighted by molar-refractivity contribution is -0.137. The Morgan fingerprint density at radius 1 is 1.09 bits per heavy atom. The maximum absolute atomic E-state index is 12.8. The molecule has 0 radical (unpaired) electrons. The molecule has 1 saturated heterocycles. The van der Waals surface area contributed by atoms with Crippen molar-refractivity contribution < 1.29 is 14.3 Å². The van der Waals surface area contributed by atoms with Gasteiger partial charge < -0.3 is 19.9 Å². The first-order valence-corrected chi connectivity index (χ1v) is 11.0. The number of hydrogen-bond acceptors (Lipinski definition) is 4. The molecule has 1 aliphatic heterocycles. The number of para-hydroxylation sites is 1. The van der Waals surface area contributed by atoms with E-state index in [1.165, 1.54) is 0 Å². The highest BCUT2D eigenvalue weighted by atomic mass is 16.5. The highest BCUT2D eigenvalue weighted by molar-refractivity contribution is 5.81. The van der Waals surface area contributed by atoms with Crippen molar-refractivity contribution in [3.8, 4) is 17.0 Å². The van der Waals surface area contributed by atoms with E-state index < -0.39 is 0 Å². The molecule has 166 valence electrons. The van der Waals surface area contributed by atoms with Gasteiger partial charge >= 0.3 is 0 Å². The minimum Gasteiger partial charge on any atom is -0.484 e. The number of amides is 2. The molecular formula is C25H28N4O3. The Morgan fingerprint density at radius 2 is 1.75 bits per heavy atom.